The Morgan fingerprint density at radius 3 is 2.10 bits per heavy atom. The predicted molar refractivity (Wildman–Crippen MR) is 134 cm³/mol. The first-order chi connectivity index (χ1) is 14.4. The number of rotatable bonds is 13. The Hall–Kier alpha value is -1.41. The molecule has 0 fully saturated rings. The van der Waals surface area contributed by atoms with Gasteiger partial charge in [0, 0.05) is 10.6 Å². The normalized spacial score (nSPS) is 11.8. The number of hydrogen-bond donors (Lipinski definition) is 0. The highest BCUT2D eigenvalue weighted by atomic mass is 32.2. The summed E-state index contributed by atoms with van der Waals surface area (Å²) in [5.74, 6) is 2.87. The lowest BCUT2D eigenvalue weighted by Gasteiger charge is -2.38. The van der Waals surface area contributed by atoms with E-state index in [0.29, 0.717) is 5.41 Å². The van der Waals surface area contributed by atoms with Gasteiger partial charge in [0.1, 0.15) is 5.75 Å². The zero-order valence-electron chi connectivity index (χ0n) is 20.1. The van der Waals surface area contributed by atoms with E-state index in [-0.39, 0.29) is 0 Å². The third kappa shape index (κ3) is 7.08. The number of hydrogen-bond acceptors (Lipinski definition) is 2. The molecule has 2 aromatic rings. The van der Waals surface area contributed by atoms with Crippen LogP contribution in [0.15, 0.2) is 47.4 Å². The Balaban J connectivity index is 2.22. The molecular weight excluding hydrogens is 384 g/mol. The Bertz CT molecular complexity index is 740. The fourth-order valence-corrected chi connectivity index (χ4v) is 5.79. The van der Waals surface area contributed by atoms with Gasteiger partial charge in [0.15, 0.2) is 0 Å². The third-order valence-corrected chi connectivity index (χ3v) is 7.99. The van der Waals surface area contributed by atoms with Crippen molar-refractivity contribution in [2.45, 2.75) is 84.5 Å². The average Bonchev–Trinajstić information content (AvgIpc) is 2.75. The molecule has 0 aliphatic carbocycles. The van der Waals surface area contributed by atoms with Crippen molar-refractivity contribution in [2.24, 2.45) is 11.3 Å². The summed E-state index contributed by atoms with van der Waals surface area (Å²) in [6.07, 6.45) is 8.95. The highest BCUT2D eigenvalue weighted by Crippen LogP contribution is 2.44. The molecule has 0 amide bonds. The number of ether oxygens (including phenoxy) is 1. The fraction of sp³-hybridized carbons (Fsp3) is 0.571. The van der Waals surface area contributed by atoms with Gasteiger partial charge in [-0.05, 0) is 66.8 Å². The lowest BCUT2D eigenvalue weighted by atomic mass is 9.71. The maximum atomic E-state index is 5.32. The highest BCUT2D eigenvalue weighted by Gasteiger charge is 2.32. The Kier molecular flexibility index (Phi) is 10.3. The molecule has 0 aromatic heterocycles. The van der Waals surface area contributed by atoms with Crippen molar-refractivity contribution in [2.75, 3.05) is 12.9 Å². The first kappa shape index (κ1) is 24.9. The summed E-state index contributed by atoms with van der Waals surface area (Å²) in [5.41, 5.74) is 4.58. The van der Waals surface area contributed by atoms with Crippen molar-refractivity contribution >= 4 is 11.8 Å². The molecule has 0 aliphatic heterocycles. The molecule has 0 saturated heterocycles. The molecule has 166 valence electrons. The minimum Gasteiger partial charge on any atom is -0.497 e. The molecule has 0 N–H and O–H groups in total. The van der Waals surface area contributed by atoms with E-state index >= 15 is 0 Å². The number of thioether (sulfide) groups is 1. The maximum absolute atomic E-state index is 5.32. The van der Waals surface area contributed by atoms with Gasteiger partial charge in [-0.3, -0.25) is 0 Å². The Morgan fingerprint density at radius 2 is 1.57 bits per heavy atom. The van der Waals surface area contributed by atoms with Gasteiger partial charge in [0.2, 0.25) is 0 Å². The maximum Gasteiger partial charge on any atom is 0.118 e. The largest absolute Gasteiger partial charge is 0.497 e. The van der Waals surface area contributed by atoms with Crippen molar-refractivity contribution in [1.82, 2.24) is 0 Å². The zero-order chi connectivity index (χ0) is 22.0. The molecule has 0 spiro atoms. The minimum atomic E-state index is 0.443. The summed E-state index contributed by atoms with van der Waals surface area (Å²) in [5, 5.41) is 0. The van der Waals surface area contributed by atoms with E-state index in [1.54, 1.807) is 7.11 Å². The van der Waals surface area contributed by atoms with Gasteiger partial charge in [-0.1, -0.05) is 83.2 Å². The molecule has 30 heavy (non-hydrogen) atoms. The predicted octanol–water partition coefficient (Wildman–Crippen LogP) is 8.71. The number of aryl methyl sites for hydroxylation is 1. The summed E-state index contributed by atoms with van der Waals surface area (Å²) in [7, 11) is 1.72. The van der Waals surface area contributed by atoms with E-state index in [1.807, 2.05) is 0 Å². The molecule has 0 unspecified atom stereocenters. The van der Waals surface area contributed by atoms with Gasteiger partial charge in [0.05, 0.1) is 7.11 Å². The molecule has 2 rings (SSSR count). The van der Waals surface area contributed by atoms with Crippen LogP contribution in [0.1, 0.15) is 82.9 Å². The van der Waals surface area contributed by atoms with Crippen molar-refractivity contribution < 1.29 is 4.74 Å². The molecule has 0 atom stereocenters. The van der Waals surface area contributed by atoms with Crippen LogP contribution in [-0.2, 0) is 6.42 Å². The third-order valence-electron chi connectivity index (χ3n) is 6.57. The molecular formula is C28H42OS. The summed E-state index contributed by atoms with van der Waals surface area (Å²) in [4.78, 5) is 1.45. The van der Waals surface area contributed by atoms with Crippen LogP contribution in [0.2, 0.25) is 0 Å². The molecule has 0 radical (unpaired) electrons. The van der Waals surface area contributed by atoms with Crippen LogP contribution in [0.3, 0.4) is 0 Å². The van der Waals surface area contributed by atoms with E-state index in [4.69, 9.17) is 4.74 Å². The lowest BCUT2D eigenvalue weighted by molar-refractivity contribution is 0.178. The molecule has 1 nitrogen and oxygen atoms in total. The van der Waals surface area contributed by atoms with Gasteiger partial charge < -0.3 is 4.74 Å². The van der Waals surface area contributed by atoms with Gasteiger partial charge in [0.25, 0.3) is 0 Å². The number of benzene rings is 2. The highest BCUT2D eigenvalue weighted by molar-refractivity contribution is 7.99. The van der Waals surface area contributed by atoms with E-state index in [9.17, 15) is 0 Å². The first-order valence-corrected chi connectivity index (χ1v) is 12.8. The SMILES string of the molecule is CCCCC(CCCC)(CSc1ccc(C)cc1Cc1ccc(OC)cc1)C(C)C. The van der Waals surface area contributed by atoms with Crippen LogP contribution < -0.4 is 4.74 Å². The van der Waals surface area contributed by atoms with Crippen molar-refractivity contribution in [3.05, 3.63) is 59.2 Å². The summed E-state index contributed by atoms with van der Waals surface area (Å²) in [6, 6.07) is 15.5. The molecule has 0 aliphatic rings. The molecule has 0 saturated carbocycles. The number of methoxy groups -OCH3 is 1. The molecule has 2 aromatic carbocycles. The second-order valence-electron chi connectivity index (χ2n) is 9.15. The number of unbranched alkanes of at least 4 members (excludes halogenated alkanes) is 2. The second-order valence-corrected chi connectivity index (χ2v) is 10.2. The van der Waals surface area contributed by atoms with Crippen LogP contribution in [-0.4, -0.2) is 12.9 Å². The van der Waals surface area contributed by atoms with Gasteiger partial charge in [-0.2, -0.15) is 0 Å². The van der Waals surface area contributed by atoms with Gasteiger partial charge in [-0.25, -0.2) is 0 Å². The standard InChI is InChI=1S/C28H42OS/c1-7-9-17-28(22(3)4,18-10-8-2)21-30-27-16-11-23(5)19-25(27)20-24-12-14-26(29-6)15-13-24/h11-16,19,22H,7-10,17-18,20-21H2,1-6H3. The summed E-state index contributed by atoms with van der Waals surface area (Å²) < 4.78 is 5.32. The van der Waals surface area contributed by atoms with E-state index in [0.717, 1.165) is 18.1 Å². The van der Waals surface area contributed by atoms with Gasteiger partial charge >= 0.3 is 0 Å². The molecule has 2 heteroatoms. The smallest absolute Gasteiger partial charge is 0.118 e. The monoisotopic (exact) mass is 426 g/mol. The summed E-state index contributed by atoms with van der Waals surface area (Å²) >= 11 is 2.09. The Labute approximate surface area is 190 Å². The lowest BCUT2D eigenvalue weighted by Crippen LogP contribution is -2.30. The Morgan fingerprint density at radius 1 is 0.933 bits per heavy atom. The van der Waals surface area contributed by atoms with Crippen LogP contribution in [0.4, 0.5) is 0 Å². The second kappa shape index (κ2) is 12.4. The van der Waals surface area contributed by atoms with E-state index in [1.165, 1.54) is 65.9 Å². The molecule has 0 heterocycles. The fourth-order valence-electron chi connectivity index (χ4n) is 4.24. The van der Waals surface area contributed by atoms with Crippen LogP contribution in [0, 0.1) is 18.3 Å². The van der Waals surface area contributed by atoms with Gasteiger partial charge in [-0.15, -0.1) is 11.8 Å². The van der Waals surface area contributed by atoms with E-state index < -0.39 is 0 Å². The van der Waals surface area contributed by atoms with Crippen molar-refractivity contribution in [3.63, 3.8) is 0 Å². The molecule has 0 bridgehead atoms. The van der Waals surface area contributed by atoms with Crippen molar-refractivity contribution in [1.29, 1.82) is 0 Å². The van der Waals surface area contributed by atoms with Crippen LogP contribution in [0.5, 0.6) is 5.75 Å². The quantitative estimate of drug-likeness (QED) is 0.296. The van der Waals surface area contributed by atoms with Crippen molar-refractivity contribution in [3.8, 4) is 5.75 Å². The van der Waals surface area contributed by atoms with Crippen LogP contribution >= 0.6 is 11.8 Å². The zero-order valence-corrected chi connectivity index (χ0v) is 20.9. The minimum absolute atomic E-state index is 0.443. The summed E-state index contributed by atoms with van der Waals surface area (Å²) in [6.45, 7) is 11.7. The average molecular weight is 427 g/mol. The first-order valence-electron chi connectivity index (χ1n) is 11.8. The van der Waals surface area contributed by atoms with Crippen LogP contribution in [0.25, 0.3) is 0 Å². The topological polar surface area (TPSA) is 9.23 Å². The van der Waals surface area contributed by atoms with E-state index in [2.05, 4.69) is 88.8 Å².